The number of aliphatic hydroxyl groups excluding tert-OH is 1. The van der Waals surface area contributed by atoms with Gasteiger partial charge in [-0.1, -0.05) is 6.07 Å². The number of aliphatic imine (C=N–C) groups is 1. The monoisotopic (exact) mass is 474 g/mol. The molecule has 182 valence electrons. The molecule has 5 heterocycles. The summed E-state index contributed by atoms with van der Waals surface area (Å²) in [4.78, 5) is 25.1. The van der Waals surface area contributed by atoms with Crippen molar-refractivity contribution in [2.24, 2.45) is 4.99 Å². The second kappa shape index (κ2) is 9.43. The molecule has 2 saturated heterocycles. The van der Waals surface area contributed by atoms with Crippen molar-refractivity contribution >= 4 is 17.7 Å². The third kappa shape index (κ3) is 4.68. The lowest BCUT2D eigenvalue weighted by atomic mass is 10.0. The number of allylic oxidation sites excluding steroid dienone is 1. The molecule has 6 rings (SSSR count). The molecule has 0 bridgehead atoms. The Morgan fingerprint density at radius 3 is 2.71 bits per heavy atom. The number of likely N-dealkylation sites (tertiary alicyclic amines) is 2. The van der Waals surface area contributed by atoms with Gasteiger partial charge in [0.05, 0.1) is 6.54 Å². The summed E-state index contributed by atoms with van der Waals surface area (Å²) in [6, 6.07) is 10.1. The van der Waals surface area contributed by atoms with Crippen LogP contribution >= 0.6 is 0 Å². The maximum atomic E-state index is 12.1. The maximum Gasteiger partial charge on any atom is 0.251 e. The molecule has 1 aromatic carbocycles. The van der Waals surface area contributed by atoms with Crippen molar-refractivity contribution in [1.82, 2.24) is 14.8 Å². The van der Waals surface area contributed by atoms with Gasteiger partial charge >= 0.3 is 0 Å². The van der Waals surface area contributed by atoms with Crippen molar-refractivity contribution in [3.05, 3.63) is 53.7 Å². The van der Waals surface area contributed by atoms with Crippen LogP contribution in [0.2, 0.25) is 0 Å². The Morgan fingerprint density at radius 2 is 2.00 bits per heavy atom. The van der Waals surface area contributed by atoms with Gasteiger partial charge in [-0.25, -0.2) is 4.98 Å². The number of ether oxygens (including phenoxy) is 2. The van der Waals surface area contributed by atoms with Crippen LogP contribution in [0.4, 0.5) is 0 Å². The number of aliphatic hydroxyl groups is 1. The van der Waals surface area contributed by atoms with Crippen LogP contribution in [-0.4, -0.2) is 83.0 Å². The van der Waals surface area contributed by atoms with Crippen LogP contribution in [-0.2, 0) is 11.2 Å². The van der Waals surface area contributed by atoms with E-state index in [0.717, 1.165) is 55.8 Å². The first-order valence-electron chi connectivity index (χ1n) is 12.5. The molecule has 0 saturated carbocycles. The van der Waals surface area contributed by atoms with E-state index in [9.17, 15) is 9.90 Å². The molecule has 1 amide bonds. The fourth-order valence-corrected chi connectivity index (χ4v) is 5.48. The highest BCUT2D eigenvalue weighted by Crippen LogP contribution is 2.35. The first-order chi connectivity index (χ1) is 17.1. The third-order valence-corrected chi connectivity index (χ3v) is 7.42. The van der Waals surface area contributed by atoms with Crippen LogP contribution in [0.3, 0.4) is 0 Å². The van der Waals surface area contributed by atoms with E-state index >= 15 is 0 Å². The zero-order chi connectivity index (χ0) is 23.8. The number of pyridine rings is 1. The zero-order valence-corrected chi connectivity index (χ0v) is 19.7. The van der Waals surface area contributed by atoms with Crippen LogP contribution in [0, 0.1) is 0 Å². The van der Waals surface area contributed by atoms with Gasteiger partial charge < -0.3 is 19.5 Å². The van der Waals surface area contributed by atoms with Crippen molar-refractivity contribution in [2.45, 2.75) is 43.9 Å². The summed E-state index contributed by atoms with van der Waals surface area (Å²) >= 11 is 0. The van der Waals surface area contributed by atoms with Gasteiger partial charge in [-0.05, 0) is 54.2 Å². The first-order valence-corrected chi connectivity index (χ1v) is 12.5. The van der Waals surface area contributed by atoms with Crippen molar-refractivity contribution in [1.29, 1.82) is 0 Å². The SMILES string of the molecule is O=C1[C@@H](O)CCN1C1CCN(C[C@H]2Cc3ccc(Oc4ccc(C5=CC=NC5)cn4)cc3O2)CC1. The minimum absolute atomic E-state index is 0.0944. The lowest BCUT2D eigenvalue weighted by molar-refractivity contribution is -0.137. The van der Waals surface area contributed by atoms with E-state index in [2.05, 4.69) is 20.9 Å². The number of aromatic nitrogens is 1. The molecule has 0 unspecified atom stereocenters. The Hall–Kier alpha value is -3.23. The standard InChI is InChI=1S/C27H30N4O4/c32-24-8-12-31(27(24)33)21-6-10-30(11-7-21)17-23-13-18-1-3-22(14-25(18)34-23)35-26-4-2-19(16-29-26)20-5-9-28-15-20/h1-5,9,14,16,21,23-24,32H,6-8,10-13,15,17H2/t23-,24+/m1/s1. The molecule has 0 radical (unpaired) electrons. The summed E-state index contributed by atoms with van der Waals surface area (Å²) in [6.45, 7) is 4.14. The lowest BCUT2D eigenvalue weighted by Gasteiger charge is -2.37. The molecule has 35 heavy (non-hydrogen) atoms. The Labute approximate surface area is 204 Å². The number of benzene rings is 1. The molecule has 2 fully saturated rings. The van der Waals surface area contributed by atoms with E-state index in [-0.39, 0.29) is 18.1 Å². The van der Waals surface area contributed by atoms with Gasteiger partial charge in [0.2, 0.25) is 5.88 Å². The number of rotatable bonds is 6. The summed E-state index contributed by atoms with van der Waals surface area (Å²) in [6.07, 6.45) is 8.32. The molecule has 4 aliphatic heterocycles. The predicted octanol–water partition coefficient (Wildman–Crippen LogP) is 2.70. The van der Waals surface area contributed by atoms with E-state index < -0.39 is 6.10 Å². The highest BCUT2D eigenvalue weighted by molar-refractivity contribution is 5.89. The fraction of sp³-hybridized carbons (Fsp3) is 0.444. The average molecular weight is 475 g/mol. The maximum absolute atomic E-state index is 12.1. The second-order valence-corrected chi connectivity index (χ2v) is 9.75. The van der Waals surface area contributed by atoms with E-state index in [1.54, 1.807) is 0 Å². The Bertz CT molecular complexity index is 1150. The highest BCUT2D eigenvalue weighted by atomic mass is 16.5. The average Bonchev–Trinajstić information content (AvgIpc) is 3.61. The van der Waals surface area contributed by atoms with Gasteiger partial charge in [0, 0.05) is 63.2 Å². The van der Waals surface area contributed by atoms with Crippen molar-refractivity contribution in [3.8, 4) is 17.4 Å². The van der Waals surface area contributed by atoms with Crippen LogP contribution in [0.15, 0.2) is 47.6 Å². The molecule has 4 aliphatic rings. The number of carbonyl (C=O) groups excluding carboxylic acids is 1. The predicted molar refractivity (Wildman–Crippen MR) is 132 cm³/mol. The fourth-order valence-electron chi connectivity index (χ4n) is 5.48. The highest BCUT2D eigenvalue weighted by Gasteiger charge is 2.36. The van der Waals surface area contributed by atoms with Crippen LogP contribution < -0.4 is 9.47 Å². The summed E-state index contributed by atoms with van der Waals surface area (Å²) in [5.74, 6) is 2.05. The van der Waals surface area contributed by atoms with Crippen LogP contribution in [0.5, 0.6) is 17.4 Å². The van der Waals surface area contributed by atoms with Crippen molar-refractivity contribution in [3.63, 3.8) is 0 Å². The van der Waals surface area contributed by atoms with E-state index in [0.29, 0.717) is 31.1 Å². The largest absolute Gasteiger partial charge is 0.488 e. The van der Waals surface area contributed by atoms with Crippen LogP contribution in [0.1, 0.15) is 30.4 Å². The van der Waals surface area contributed by atoms with Crippen molar-refractivity contribution in [2.75, 3.05) is 32.7 Å². The molecule has 0 aliphatic carbocycles. The summed E-state index contributed by atoms with van der Waals surface area (Å²) in [5.41, 5.74) is 3.42. The normalized spacial score (nSPS) is 24.5. The number of hydrogen-bond acceptors (Lipinski definition) is 7. The number of hydrogen-bond donors (Lipinski definition) is 1. The van der Waals surface area contributed by atoms with Crippen molar-refractivity contribution < 1.29 is 19.4 Å². The number of fused-ring (bicyclic) bond motifs is 1. The second-order valence-electron chi connectivity index (χ2n) is 9.75. The molecule has 1 N–H and O–H groups in total. The summed E-state index contributed by atoms with van der Waals surface area (Å²) < 4.78 is 12.3. The van der Waals surface area contributed by atoms with Gasteiger partial charge in [0.25, 0.3) is 5.91 Å². The Morgan fingerprint density at radius 1 is 1.11 bits per heavy atom. The topological polar surface area (TPSA) is 87.5 Å². The smallest absolute Gasteiger partial charge is 0.251 e. The molecular weight excluding hydrogens is 444 g/mol. The van der Waals surface area contributed by atoms with Gasteiger partial charge in [-0.3, -0.25) is 14.7 Å². The Kier molecular flexibility index (Phi) is 6.00. The molecule has 1 aromatic heterocycles. The third-order valence-electron chi connectivity index (χ3n) is 7.42. The van der Waals surface area contributed by atoms with E-state index in [1.165, 1.54) is 5.56 Å². The van der Waals surface area contributed by atoms with E-state index in [4.69, 9.17) is 9.47 Å². The number of amides is 1. The van der Waals surface area contributed by atoms with Gasteiger partial charge in [0.1, 0.15) is 23.7 Å². The van der Waals surface area contributed by atoms with Gasteiger partial charge in [-0.2, -0.15) is 0 Å². The molecule has 8 heteroatoms. The number of carbonyl (C=O) groups is 1. The minimum Gasteiger partial charge on any atom is -0.488 e. The zero-order valence-electron chi connectivity index (χ0n) is 19.7. The minimum atomic E-state index is -0.799. The Balaban J connectivity index is 1.01. The van der Waals surface area contributed by atoms with E-state index in [1.807, 2.05) is 47.7 Å². The van der Waals surface area contributed by atoms with Gasteiger partial charge in [0.15, 0.2) is 0 Å². The molecule has 2 aromatic rings. The van der Waals surface area contributed by atoms with Crippen LogP contribution in [0.25, 0.3) is 5.57 Å². The molecule has 2 atom stereocenters. The summed E-state index contributed by atoms with van der Waals surface area (Å²) in [7, 11) is 0. The molecular formula is C27H30N4O4. The summed E-state index contributed by atoms with van der Waals surface area (Å²) in [5, 5.41) is 9.74. The molecule has 8 nitrogen and oxygen atoms in total. The quantitative estimate of drug-likeness (QED) is 0.693. The number of nitrogens with zero attached hydrogens (tertiary/aromatic N) is 4. The molecule has 0 spiro atoms. The lowest BCUT2D eigenvalue weighted by Crippen LogP contribution is -2.48. The first kappa shape index (κ1) is 22.2. The van der Waals surface area contributed by atoms with Gasteiger partial charge in [-0.15, -0.1) is 0 Å². The number of piperidine rings is 1.